The van der Waals surface area contributed by atoms with Crippen LogP contribution in [0.3, 0.4) is 0 Å². The molecule has 0 fully saturated rings. The van der Waals surface area contributed by atoms with Crippen LogP contribution in [0.2, 0.25) is 0 Å². The Labute approximate surface area is 80.0 Å². The molecule has 0 saturated carbocycles. The molecule has 0 unspecified atom stereocenters. The van der Waals surface area contributed by atoms with Gasteiger partial charge in [-0.2, -0.15) is 0 Å². The number of ketones is 1. The quantitative estimate of drug-likeness (QED) is 0.338. The molecule has 0 amide bonds. The van der Waals surface area contributed by atoms with Crippen LogP contribution in [0.25, 0.3) is 0 Å². The van der Waals surface area contributed by atoms with E-state index in [1.807, 2.05) is 0 Å². The number of nitro groups is 1. The average molecular weight is 192 g/mol. The minimum Gasteiger partial charge on any atom is -0.404 e. The van der Waals surface area contributed by atoms with Crippen LogP contribution < -0.4 is 5.73 Å². The van der Waals surface area contributed by atoms with Gasteiger partial charge < -0.3 is 5.73 Å². The van der Waals surface area contributed by atoms with Gasteiger partial charge >= 0.3 is 0 Å². The van der Waals surface area contributed by atoms with Crippen molar-refractivity contribution in [3.05, 3.63) is 52.2 Å². The lowest BCUT2D eigenvalue weighted by atomic mass is 10.1. The van der Waals surface area contributed by atoms with E-state index in [0.717, 1.165) is 6.20 Å². The van der Waals surface area contributed by atoms with E-state index in [4.69, 9.17) is 5.73 Å². The first-order chi connectivity index (χ1) is 6.65. The predicted molar refractivity (Wildman–Crippen MR) is 50.8 cm³/mol. The Morgan fingerprint density at radius 2 is 1.93 bits per heavy atom. The normalized spacial score (nSPS) is 10.3. The first kappa shape index (κ1) is 9.91. The van der Waals surface area contributed by atoms with Gasteiger partial charge in [0.1, 0.15) is 0 Å². The maximum absolute atomic E-state index is 11.2. The molecular weight excluding hydrogens is 184 g/mol. The zero-order valence-corrected chi connectivity index (χ0v) is 7.21. The number of nitrogens with two attached hydrogens (primary N) is 1. The van der Waals surface area contributed by atoms with Gasteiger partial charge in [-0.1, -0.05) is 0 Å². The summed E-state index contributed by atoms with van der Waals surface area (Å²) in [6.07, 6.45) is 2.32. The highest BCUT2D eigenvalue weighted by atomic mass is 16.6. The molecular formula is C9H8N2O3. The van der Waals surface area contributed by atoms with Crippen LogP contribution in [-0.4, -0.2) is 10.7 Å². The molecule has 0 radical (unpaired) electrons. The number of carbonyl (C=O) groups excluding carboxylic acids is 1. The van der Waals surface area contributed by atoms with Gasteiger partial charge in [-0.25, -0.2) is 0 Å². The second kappa shape index (κ2) is 4.18. The lowest BCUT2D eigenvalue weighted by Crippen LogP contribution is -1.96. The standard InChI is InChI=1S/C9H8N2O3/c10-6-5-9(12)7-1-3-8(4-2-7)11(13)14/h1-6H,10H2/b6-5+. The third kappa shape index (κ3) is 2.16. The van der Waals surface area contributed by atoms with E-state index in [9.17, 15) is 14.9 Å². The second-order valence-electron chi connectivity index (χ2n) is 2.53. The number of carbonyl (C=O) groups is 1. The smallest absolute Gasteiger partial charge is 0.269 e. The maximum Gasteiger partial charge on any atom is 0.269 e. The Kier molecular flexibility index (Phi) is 2.96. The molecule has 0 heterocycles. The summed E-state index contributed by atoms with van der Waals surface area (Å²) in [6.45, 7) is 0. The SMILES string of the molecule is N/C=C/C(=O)c1ccc([N+](=O)[O-])cc1. The maximum atomic E-state index is 11.2. The van der Waals surface area contributed by atoms with Crippen LogP contribution in [0.1, 0.15) is 10.4 Å². The third-order valence-corrected chi connectivity index (χ3v) is 1.61. The number of nitro benzene ring substituents is 1. The van der Waals surface area contributed by atoms with E-state index in [0.29, 0.717) is 5.56 Å². The fourth-order valence-corrected chi connectivity index (χ4v) is 0.931. The van der Waals surface area contributed by atoms with Crippen LogP contribution in [-0.2, 0) is 0 Å². The fourth-order valence-electron chi connectivity index (χ4n) is 0.931. The van der Waals surface area contributed by atoms with Crippen molar-refractivity contribution in [2.45, 2.75) is 0 Å². The predicted octanol–water partition coefficient (Wildman–Crippen LogP) is 1.25. The van der Waals surface area contributed by atoms with E-state index in [1.54, 1.807) is 0 Å². The molecule has 0 aliphatic rings. The molecule has 1 rings (SSSR count). The number of allylic oxidation sites excluding steroid dienone is 1. The molecule has 0 bridgehead atoms. The van der Waals surface area contributed by atoms with Crippen molar-refractivity contribution >= 4 is 11.5 Å². The van der Waals surface area contributed by atoms with Gasteiger partial charge in [0, 0.05) is 23.8 Å². The Morgan fingerprint density at radius 3 is 2.36 bits per heavy atom. The number of hydrogen-bond donors (Lipinski definition) is 1. The second-order valence-corrected chi connectivity index (χ2v) is 2.53. The molecule has 0 atom stereocenters. The molecule has 5 nitrogen and oxygen atoms in total. The van der Waals surface area contributed by atoms with E-state index in [1.165, 1.54) is 30.3 Å². The largest absolute Gasteiger partial charge is 0.404 e. The molecule has 14 heavy (non-hydrogen) atoms. The van der Waals surface area contributed by atoms with Gasteiger partial charge in [0.05, 0.1) is 4.92 Å². The van der Waals surface area contributed by atoms with E-state index >= 15 is 0 Å². The summed E-state index contributed by atoms with van der Waals surface area (Å²) in [6, 6.07) is 5.33. The molecule has 1 aromatic rings. The van der Waals surface area contributed by atoms with Gasteiger partial charge in [0.15, 0.2) is 5.78 Å². The topological polar surface area (TPSA) is 86.2 Å². The molecule has 0 spiro atoms. The summed E-state index contributed by atoms with van der Waals surface area (Å²) in [5.41, 5.74) is 5.36. The van der Waals surface area contributed by atoms with Crippen molar-refractivity contribution < 1.29 is 9.72 Å². The summed E-state index contributed by atoms with van der Waals surface area (Å²) in [5, 5.41) is 10.3. The third-order valence-electron chi connectivity index (χ3n) is 1.61. The highest BCUT2D eigenvalue weighted by molar-refractivity contribution is 6.04. The molecule has 1 aromatic carbocycles. The van der Waals surface area contributed by atoms with Crippen LogP contribution in [0.15, 0.2) is 36.5 Å². The van der Waals surface area contributed by atoms with Crippen LogP contribution in [0, 0.1) is 10.1 Å². The highest BCUT2D eigenvalue weighted by Crippen LogP contribution is 2.12. The Morgan fingerprint density at radius 1 is 1.36 bits per heavy atom. The summed E-state index contributed by atoms with van der Waals surface area (Å²) >= 11 is 0. The lowest BCUT2D eigenvalue weighted by molar-refractivity contribution is -0.384. The molecule has 2 N–H and O–H groups in total. The number of hydrogen-bond acceptors (Lipinski definition) is 4. The summed E-state index contributed by atoms with van der Waals surface area (Å²) in [7, 11) is 0. The molecule has 72 valence electrons. The molecule has 0 aliphatic carbocycles. The van der Waals surface area contributed by atoms with E-state index < -0.39 is 4.92 Å². The van der Waals surface area contributed by atoms with Crippen molar-refractivity contribution in [2.75, 3.05) is 0 Å². The lowest BCUT2D eigenvalue weighted by Gasteiger charge is -1.94. The van der Waals surface area contributed by atoms with Crippen molar-refractivity contribution in [3.63, 3.8) is 0 Å². The summed E-state index contributed by atoms with van der Waals surface area (Å²) in [4.78, 5) is 21.0. The molecule has 0 aromatic heterocycles. The molecule has 0 saturated heterocycles. The zero-order chi connectivity index (χ0) is 10.6. The van der Waals surface area contributed by atoms with Crippen LogP contribution in [0.5, 0.6) is 0 Å². The minimum atomic E-state index is -0.521. The van der Waals surface area contributed by atoms with Gasteiger partial charge in [-0.05, 0) is 18.3 Å². The van der Waals surface area contributed by atoms with E-state index in [2.05, 4.69) is 0 Å². The average Bonchev–Trinajstić information content (AvgIpc) is 2.18. The van der Waals surface area contributed by atoms with Gasteiger partial charge in [-0.15, -0.1) is 0 Å². The van der Waals surface area contributed by atoms with Gasteiger partial charge in [0.25, 0.3) is 5.69 Å². The van der Waals surface area contributed by atoms with Gasteiger partial charge in [0.2, 0.25) is 0 Å². The Bertz CT molecular complexity index is 382. The fraction of sp³-hybridized carbons (Fsp3) is 0. The molecule has 5 heteroatoms. The Balaban J connectivity index is 2.94. The number of non-ortho nitro benzene ring substituents is 1. The van der Waals surface area contributed by atoms with Crippen LogP contribution >= 0.6 is 0 Å². The highest BCUT2D eigenvalue weighted by Gasteiger charge is 2.06. The van der Waals surface area contributed by atoms with Crippen molar-refractivity contribution in [1.82, 2.24) is 0 Å². The first-order valence-electron chi connectivity index (χ1n) is 3.82. The van der Waals surface area contributed by atoms with Crippen LogP contribution in [0.4, 0.5) is 5.69 Å². The van der Waals surface area contributed by atoms with Gasteiger partial charge in [-0.3, -0.25) is 14.9 Å². The number of nitrogens with zero attached hydrogens (tertiary/aromatic N) is 1. The molecule has 0 aliphatic heterocycles. The summed E-state index contributed by atoms with van der Waals surface area (Å²) < 4.78 is 0. The monoisotopic (exact) mass is 192 g/mol. The summed E-state index contributed by atoms with van der Waals surface area (Å²) in [5.74, 6) is -0.276. The van der Waals surface area contributed by atoms with Crippen molar-refractivity contribution in [3.8, 4) is 0 Å². The Hall–Kier alpha value is -2.17. The van der Waals surface area contributed by atoms with Crippen molar-refractivity contribution in [2.24, 2.45) is 5.73 Å². The van der Waals surface area contributed by atoms with Crippen molar-refractivity contribution in [1.29, 1.82) is 0 Å². The minimum absolute atomic E-state index is 0.0433. The van der Waals surface area contributed by atoms with E-state index in [-0.39, 0.29) is 11.5 Å². The zero-order valence-electron chi connectivity index (χ0n) is 7.21. The number of benzene rings is 1. The first-order valence-corrected chi connectivity index (χ1v) is 3.82. The number of rotatable bonds is 3.